The normalized spacial score (nSPS) is 10.8. The molecule has 0 spiro atoms. The van der Waals surface area contributed by atoms with Crippen LogP contribution >= 0.6 is 22.7 Å². The lowest BCUT2D eigenvalue weighted by Crippen LogP contribution is -2.15. The second-order valence-corrected chi connectivity index (χ2v) is 9.09. The molecule has 0 saturated heterocycles. The molecule has 34 heavy (non-hydrogen) atoms. The number of carbonyl (C=O) groups is 4. The number of hydrogen-bond acceptors (Lipinski definition) is 8. The number of carbonyl (C=O) groups excluding carboxylic acids is 4. The van der Waals surface area contributed by atoms with Crippen LogP contribution < -0.4 is 0 Å². The van der Waals surface area contributed by atoms with Gasteiger partial charge in [-0.15, -0.1) is 22.7 Å². The molecule has 0 saturated carbocycles. The smallest absolute Gasteiger partial charge is 0.339 e. The molecule has 4 aromatic rings. The minimum atomic E-state index is -0.669. The first-order valence-corrected chi connectivity index (χ1v) is 12.3. The van der Waals surface area contributed by atoms with Gasteiger partial charge in [0.25, 0.3) is 0 Å². The van der Waals surface area contributed by atoms with Crippen molar-refractivity contribution in [3.8, 4) is 0 Å². The molecule has 2 aromatic heterocycles. The molecule has 0 aliphatic carbocycles. The Bertz CT molecular complexity index is 1280. The molecular formula is C26H20O6S2. The molecule has 0 atom stereocenters. The number of hydrogen-bond donors (Lipinski definition) is 0. The summed E-state index contributed by atoms with van der Waals surface area (Å²) in [4.78, 5) is 52.8. The lowest BCUT2D eigenvalue weighted by molar-refractivity contribution is 0.0479. The number of benzene rings is 2. The van der Waals surface area contributed by atoms with Crippen LogP contribution in [0.5, 0.6) is 0 Å². The topological polar surface area (TPSA) is 86.7 Å². The van der Waals surface area contributed by atoms with E-state index in [1.165, 1.54) is 34.8 Å². The zero-order valence-corrected chi connectivity index (χ0v) is 20.1. The Hall–Kier alpha value is -3.62. The molecule has 0 fully saturated rings. The third-order valence-corrected chi connectivity index (χ3v) is 6.82. The first kappa shape index (κ1) is 23.5. The highest BCUT2D eigenvalue weighted by atomic mass is 32.1. The second kappa shape index (κ2) is 10.1. The molecule has 0 aliphatic rings. The van der Waals surface area contributed by atoms with Gasteiger partial charge in [0.05, 0.1) is 34.1 Å². The predicted octanol–water partition coefficient (Wildman–Crippen LogP) is 5.78. The van der Waals surface area contributed by atoms with Crippen LogP contribution in [0.2, 0.25) is 0 Å². The lowest BCUT2D eigenvalue weighted by Gasteiger charge is -2.13. The zero-order valence-electron chi connectivity index (χ0n) is 18.5. The van der Waals surface area contributed by atoms with E-state index in [9.17, 15) is 19.2 Å². The van der Waals surface area contributed by atoms with Gasteiger partial charge in [0.1, 0.15) is 0 Å². The minimum Gasteiger partial charge on any atom is -0.462 e. The van der Waals surface area contributed by atoms with Crippen molar-refractivity contribution >= 4 is 57.0 Å². The van der Waals surface area contributed by atoms with Crippen molar-refractivity contribution in [2.45, 2.75) is 13.8 Å². The molecule has 2 heterocycles. The number of ketones is 2. The Labute approximate surface area is 203 Å². The second-order valence-electron chi connectivity index (χ2n) is 7.20. The molecule has 0 radical (unpaired) electrons. The van der Waals surface area contributed by atoms with Gasteiger partial charge in [-0.3, -0.25) is 9.59 Å². The monoisotopic (exact) mass is 492 g/mol. The van der Waals surface area contributed by atoms with E-state index in [-0.39, 0.29) is 47.0 Å². The molecule has 8 heteroatoms. The van der Waals surface area contributed by atoms with Crippen molar-refractivity contribution in [1.29, 1.82) is 0 Å². The highest BCUT2D eigenvalue weighted by Crippen LogP contribution is 2.30. The van der Waals surface area contributed by atoms with Crippen molar-refractivity contribution in [1.82, 2.24) is 0 Å². The van der Waals surface area contributed by atoms with Crippen LogP contribution in [0, 0.1) is 0 Å². The fourth-order valence-electron chi connectivity index (χ4n) is 3.56. The molecule has 0 aliphatic heterocycles. The van der Waals surface area contributed by atoms with Gasteiger partial charge < -0.3 is 9.47 Å². The maximum absolute atomic E-state index is 13.3. The van der Waals surface area contributed by atoms with Crippen LogP contribution in [0.3, 0.4) is 0 Å². The summed E-state index contributed by atoms with van der Waals surface area (Å²) < 4.78 is 10.3. The van der Waals surface area contributed by atoms with Gasteiger partial charge in [0, 0.05) is 11.1 Å². The average Bonchev–Trinajstić information content (AvgIpc) is 3.56. The Morgan fingerprint density at radius 3 is 1.35 bits per heavy atom. The van der Waals surface area contributed by atoms with E-state index < -0.39 is 11.9 Å². The summed E-state index contributed by atoms with van der Waals surface area (Å²) in [6, 6.07) is 13.1. The molecular weight excluding hydrogens is 472 g/mol. The maximum atomic E-state index is 13.3. The Balaban J connectivity index is 1.97. The average molecular weight is 493 g/mol. The Kier molecular flexibility index (Phi) is 7.00. The summed E-state index contributed by atoms with van der Waals surface area (Å²) in [7, 11) is 0. The Morgan fingerprint density at radius 1 is 0.647 bits per heavy atom. The summed E-state index contributed by atoms with van der Waals surface area (Å²) in [5.74, 6) is -1.91. The van der Waals surface area contributed by atoms with Crippen molar-refractivity contribution < 1.29 is 28.7 Å². The SMILES string of the molecule is CCOC(=O)c1cc2cc(C(=O)c3cccs3)c(C(=O)c3cccs3)cc2cc1C(=O)OCC. The van der Waals surface area contributed by atoms with Gasteiger partial charge in [0.15, 0.2) is 0 Å². The molecule has 6 nitrogen and oxygen atoms in total. The highest BCUT2D eigenvalue weighted by molar-refractivity contribution is 7.12. The standard InChI is InChI=1S/C26H20O6S2/c1-3-31-25(29)19-13-15-11-17(23(27)21-7-5-9-33-21)18(24(28)22-8-6-10-34-22)12-16(15)14-20(19)26(30)32-4-2/h5-14H,3-4H2,1-2H3. The van der Waals surface area contributed by atoms with Gasteiger partial charge in [-0.05, 0) is 71.8 Å². The fourth-order valence-corrected chi connectivity index (χ4v) is 4.92. The van der Waals surface area contributed by atoms with Crippen molar-refractivity contribution in [3.63, 3.8) is 0 Å². The number of thiophene rings is 2. The lowest BCUT2D eigenvalue weighted by atomic mass is 9.92. The Morgan fingerprint density at radius 2 is 1.03 bits per heavy atom. The summed E-state index contributed by atoms with van der Waals surface area (Å²) in [6.07, 6.45) is 0. The number of rotatable bonds is 8. The van der Waals surface area contributed by atoms with Crippen LogP contribution in [0.25, 0.3) is 10.8 Å². The molecule has 4 rings (SSSR count). The molecule has 172 valence electrons. The van der Waals surface area contributed by atoms with Gasteiger partial charge in [0.2, 0.25) is 11.6 Å². The van der Waals surface area contributed by atoms with Crippen molar-refractivity contribution in [2.24, 2.45) is 0 Å². The third kappa shape index (κ3) is 4.55. The van der Waals surface area contributed by atoms with E-state index in [2.05, 4.69) is 0 Å². The van der Waals surface area contributed by atoms with E-state index in [4.69, 9.17) is 9.47 Å². The van der Waals surface area contributed by atoms with E-state index >= 15 is 0 Å². The maximum Gasteiger partial charge on any atom is 0.339 e. The van der Waals surface area contributed by atoms with E-state index in [1.807, 2.05) is 0 Å². The van der Waals surface area contributed by atoms with Crippen molar-refractivity contribution in [3.05, 3.63) is 91.3 Å². The number of ether oxygens (including phenoxy) is 2. The van der Waals surface area contributed by atoms with Gasteiger partial charge in [-0.25, -0.2) is 9.59 Å². The molecule has 0 bridgehead atoms. The summed E-state index contributed by atoms with van der Waals surface area (Å²) in [5, 5.41) is 4.64. The predicted molar refractivity (Wildman–Crippen MR) is 131 cm³/mol. The van der Waals surface area contributed by atoms with Crippen LogP contribution in [-0.2, 0) is 9.47 Å². The minimum absolute atomic E-state index is 0.0413. The van der Waals surface area contributed by atoms with E-state index in [0.29, 0.717) is 20.5 Å². The largest absolute Gasteiger partial charge is 0.462 e. The molecule has 2 aromatic carbocycles. The van der Waals surface area contributed by atoms with Gasteiger partial charge >= 0.3 is 11.9 Å². The summed E-state index contributed by atoms with van der Waals surface area (Å²) in [6.45, 7) is 3.61. The third-order valence-electron chi connectivity index (χ3n) is 5.08. The number of fused-ring (bicyclic) bond motifs is 1. The van der Waals surface area contributed by atoms with Gasteiger partial charge in [-0.2, -0.15) is 0 Å². The zero-order chi connectivity index (χ0) is 24.2. The van der Waals surface area contributed by atoms with Crippen LogP contribution in [0.15, 0.2) is 59.3 Å². The fraction of sp³-hybridized carbons (Fsp3) is 0.154. The molecule has 0 amide bonds. The van der Waals surface area contributed by atoms with Crippen LogP contribution in [0.1, 0.15) is 65.0 Å². The molecule has 0 N–H and O–H groups in total. The van der Waals surface area contributed by atoms with Crippen LogP contribution in [0.4, 0.5) is 0 Å². The van der Waals surface area contributed by atoms with E-state index in [0.717, 1.165) is 0 Å². The van der Waals surface area contributed by atoms with E-state index in [1.54, 1.807) is 61.0 Å². The highest BCUT2D eigenvalue weighted by Gasteiger charge is 2.25. The summed E-state index contributed by atoms with van der Waals surface area (Å²) in [5.41, 5.74) is 0.540. The van der Waals surface area contributed by atoms with Crippen LogP contribution in [-0.4, -0.2) is 36.7 Å². The van der Waals surface area contributed by atoms with Gasteiger partial charge in [-0.1, -0.05) is 12.1 Å². The first-order chi connectivity index (χ1) is 16.4. The first-order valence-electron chi connectivity index (χ1n) is 10.6. The summed E-state index contributed by atoms with van der Waals surface area (Å²) >= 11 is 2.56. The molecule has 0 unspecified atom stereocenters. The number of esters is 2. The van der Waals surface area contributed by atoms with Crippen molar-refractivity contribution in [2.75, 3.05) is 13.2 Å². The quantitative estimate of drug-likeness (QED) is 0.229.